The van der Waals surface area contributed by atoms with Crippen molar-refractivity contribution in [1.82, 2.24) is 19.7 Å². The Morgan fingerprint density at radius 1 is 1.48 bits per heavy atom. The molecule has 0 bridgehead atoms. The number of aromatic nitrogens is 3. The van der Waals surface area contributed by atoms with Crippen molar-refractivity contribution < 1.29 is 4.79 Å². The van der Waals surface area contributed by atoms with Crippen LogP contribution >= 0.6 is 15.9 Å². The van der Waals surface area contributed by atoms with E-state index in [9.17, 15) is 4.79 Å². The zero-order valence-electron chi connectivity index (χ0n) is 11.8. The molecule has 1 aliphatic heterocycles. The summed E-state index contributed by atoms with van der Waals surface area (Å²) in [5.74, 6) is 0.1000. The van der Waals surface area contributed by atoms with Crippen molar-refractivity contribution in [3.8, 4) is 0 Å². The second-order valence-corrected chi connectivity index (χ2v) is 6.21. The number of nitrogens with zero attached hydrogens (tertiary/aromatic N) is 4. The van der Waals surface area contributed by atoms with Gasteiger partial charge in [-0.25, -0.2) is 9.67 Å². The molecule has 0 saturated carbocycles. The molecule has 0 aliphatic carbocycles. The fourth-order valence-electron chi connectivity index (χ4n) is 2.86. The van der Waals surface area contributed by atoms with E-state index >= 15 is 0 Å². The van der Waals surface area contributed by atoms with Gasteiger partial charge in [0, 0.05) is 11.0 Å². The molecule has 21 heavy (non-hydrogen) atoms. The normalized spacial score (nSPS) is 19.7. The Balaban J connectivity index is 1.82. The minimum atomic E-state index is -0.319. The van der Waals surface area contributed by atoms with E-state index in [2.05, 4.69) is 38.1 Å². The number of hydrogen-bond acceptors (Lipinski definition) is 3. The van der Waals surface area contributed by atoms with Crippen LogP contribution in [0.1, 0.15) is 37.4 Å². The minimum Gasteiger partial charge on any atom is -0.334 e. The van der Waals surface area contributed by atoms with Crippen LogP contribution in [0, 0.1) is 0 Å². The molecule has 1 aromatic heterocycles. The van der Waals surface area contributed by atoms with Gasteiger partial charge in [0.05, 0.1) is 6.04 Å². The second kappa shape index (κ2) is 5.97. The molecule has 5 nitrogen and oxygen atoms in total. The maximum Gasteiger partial charge on any atom is 0.247 e. The summed E-state index contributed by atoms with van der Waals surface area (Å²) in [7, 11) is 0. The van der Waals surface area contributed by atoms with Crippen LogP contribution in [0.25, 0.3) is 0 Å². The van der Waals surface area contributed by atoms with Crippen LogP contribution in [0.5, 0.6) is 0 Å². The average Bonchev–Trinajstić information content (AvgIpc) is 3.16. The summed E-state index contributed by atoms with van der Waals surface area (Å²) in [4.78, 5) is 18.6. The van der Waals surface area contributed by atoms with E-state index in [4.69, 9.17) is 0 Å². The van der Waals surface area contributed by atoms with E-state index in [1.165, 1.54) is 11.9 Å². The second-order valence-electron chi connectivity index (χ2n) is 5.30. The Morgan fingerprint density at radius 3 is 3.05 bits per heavy atom. The molecule has 2 atom stereocenters. The SMILES string of the molecule is C[C@@H](C(=O)N1CCC[C@H]1c1cccc(Br)c1)n1cncn1. The third-order valence-corrected chi connectivity index (χ3v) is 4.45. The van der Waals surface area contributed by atoms with Crippen molar-refractivity contribution in [2.24, 2.45) is 0 Å². The highest BCUT2D eigenvalue weighted by Crippen LogP contribution is 2.34. The molecule has 3 rings (SSSR count). The summed E-state index contributed by atoms with van der Waals surface area (Å²) >= 11 is 3.50. The Labute approximate surface area is 132 Å². The monoisotopic (exact) mass is 348 g/mol. The Kier molecular flexibility index (Phi) is 4.05. The van der Waals surface area contributed by atoms with Crippen LogP contribution in [0.2, 0.25) is 0 Å². The molecule has 6 heteroatoms. The van der Waals surface area contributed by atoms with Gasteiger partial charge in [0.25, 0.3) is 0 Å². The van der Waals surface area contributed by atoms with Gasteiger partial charge in [-0.2, -0.15) is 5.10 Å². The van der Waals surface area contributed by atoms with E-state index in [1.54, 1.807) is 11.0 Å². The van der Waals surface area contributed by atoms with E-state index in [-0.39, 0.29) is 18.0 Å². The van der Waals surface area contributed by atoms with Crippen molar-refractivity contribution >= 4 is 21.8 Å². The van der Waals surface area contributed by atoms with Gasteiger partial charge in [-0.1, -0.05) is 28.1 Å². The molecule has 0 spiro atoms. The van der Waals surface area contributed by atoms with Crippen LogP contribution in [-0.2, 0) is 4.79 Å². The summed E-state index contributed by atoms with van der Waals surface area (Å²) in [6.07, 6.45) is 5.09. The van der Waals surface area contributed by atoms with Crippen LogP contribution in [0.15, 0.2) is 41.4 Å². The number of rotatable bonds is 3. The standard InChI is InChI=1S/C15H17BrN4O/c1-11(20-10-17-9-18-20)15(21)19-7-3-6-14(19)12-4-2-5-13(16)8-12/h2,4-5,8-11,14H,3,6-7H2,1H3/t11-,14-/m0/s1. The van der Waals surface area contributed by atoms with Crippen LogP contribution < -0.4 is 0 Å². The first-order chi connectivity index (χ1) is 10.2. The summed E-state index contributed by atoms with van der Waals surface area (Å²) in [6.45, 7) is 2.67. The van der Waals surface area contributed by atoms with Crippen molar-refractivity contribution in [3.63, 3.8) is 0 Å². The van der Waals surface area contributed by atoms with E-state index in [1.807, 2.05) is 24.0 Å². The molecule has 2 aromatic rings. The molecule has 2 heterocycles. The third kappa shape index (κ3) is 2.85. The highest BCUT2D eigenvalue weighted by atomic mass is 79.9. The number of amides is 1. The van der Waals surface area contributed by atoms with Gasteiger partial charge in [-0.05, 0) is 37.5 Å². The van der Waals surface area contributed by atoms with E-state index in [0.29, 0.717) is 0 Å². The number of benzene rings is 1. The molecular weight excluding hydrogens is 332 g/mol. The van der Waals surface area contributed by atoms with Gasteiger partial charge < -0.3 is 4.90 Å². The van der Waals surface area contributed by atoms with Gasteiger partial charge in [-0.15, -0.1) is 0 Å². The lowest BCUT2D eigenvalue weighted by Gasteiger charge is -2.28. The fraction of sp³-hybridized carbons (Fsp3) is 0.400. The predicted octanol–water partition coefficient (Wildman–Crippen LogP) is 2.97. The molecule has 1 amide bonds. The molecular formula is C15H17BrN4O. The van der Waals surface area contributed by atoms with Crippen molar-refractivity contribution in [2.75, 3.05) is 6.54 Å². The molecule has 1 saturated heterocycles. The van der Waals surface area contributed by atoms with Crippen LogP contribution in [0.3, 0.4) is 0 Å². The van der Waals surface area contributed by atoms with Gasteiger partial charge in [-0.3, -0.25) is 4.79 Å². The number of hydrogen-bond donors (Lipinski definition) is 0. The summed E-state index contributed by atoms with van der Waals surface area (Å²) in [6, 6.07) is 8.03. The summed E-state index contributed by atoms with van der Waals surface area (Å²) < 4.78 is 2.65. The van der Waals surface area contributed by atoms with Crippen LogP contribution in [0.4, 0.5) is 0 Å². The molecule has 0 N–H and O–H groups in total. The van der Waals surface area contributed by atoms with E-state index in [0.717, 1.165) is 23.9 Å². The quantitative estimate of drug-likeness (QED) is 0.856. The maximum atomic E-state index is 12.7. The lowest BCUT2D eigenvalue weighted by atomic mass is 10.0. The highest BCUT2D eigenvalue weighted by Gasteiger charge is 2.33. The van der Waals surface area contributed by atoms with E-state index < -0.39 is 0 Å². The average molecular weight is 349 g/mol. The Morgan fingerprint density at radius 2 is 2.33 bits per heavy atom. The van der Waals surface area contributed by atoms with Crippen molar-refractivity contribution in [3.05, 3.63) is 47.0 Å². The first kappa shape index (κ1) is 14.3. The number of carbonyl (C=O) groups is 1. The zero-order valence-corrected chi connectivity index (χ0v) is 13.4. The van der Waals surface area contributed by atoms with Crippen molar-refractivity contribution in [1.29, 1.82) is 0 Å². The zero-order chi connectivity index (χ0) is 14.8. The smallest absolute Gasteiger partial charge is 0.247 e. The van der Waals surface area contributed by atoms with Gasteiger partial charge in [0.15, 0.2) is 0 Å². The molecule has 0 unspecified atom stereocenters. The maximum absolute atomic E-state index is 12.7. The first-order valence-electron chi connectivity index (χ1n) is 7.07. The number of halogens is 1. The number of carbonyl (C=O) groups excluding carboxylic acids is 1. The van der Waals surface area contributed by atoms with Gasteiger partial charge >= 0.3 is 0 Å². The third-order valence-electron chi connectivity index (χ3n) is 3.96. The molecule has 1 fully saturated rings. The van der Waals surface area contributed by atoms with Gasteiger partial charge in [0.1, 0.15) is 18.7 Å². The molecule has 110 valence electrons. The summed E-state index contributed by atoms with van der Waals surface area (Å²) in [5, 5.41) is 4.07. The molecule has 1 aliphatic rings. The lowest BCUT2D eigenvalue weighted by Crippen LogP contribution is -2.36. The van der Waals surface area contributed by atoms with Gasteiger partial charge in [0.2, 0.25) is 5.91 Å². The lowest BCUT2D eigenvalue weighted by molar-refractivity contribution is -0.135. The number of likely N-dealkylation sites (tertiary alicyclic amines) is 1. The molecule has 0 radical (unpaired) electrons. The summed E-state index contributed by atoms with van der Waals surface area (Å²) in [5.41, 5.74) is 1.18. The van der Waals surface area contributed by atoms with Crippen molar-refractivity contribution in [2.45, 2.75) is 31.8 Å². The largest absolute Gasteiger partial charge is 0.334 e. The Hall–Kier alpha value is -1.69. The first-order valence-corrected chi connectivity index (χ1v) is 7.86. The van der Waals surface area contributed by atoms with Crippen LogP contribution in [-0.4, -0.2) is 32.1 Å². The topological polar surface area (TPSA) is 51.0 Å². The minimum absolute atomic E-state index is 0.1000. The highest BCUT2D eigenvalue weighted by molar-refractivity contribution is 9.10. The predicted molar refractivity (Wildman–Crippen MR) is 82.6 cm³/mol. The molecule has 1 aromatic carbocycles. The Bertz CT molecular complexity index is 628. The fourth-order valence-corrected chi connectivity index (χ4v) is 3.28.